The first kappa shape index (κ1) is 19.5. The second kappa shape index (κ2) is 9.00. The van der Waals surface area contributed by atoms with Crippen molar-refractivity contribution in [1.29, 1.82) is 0 Å². The molecule has 0 aromatic heterocycles. The molecule has 0 saturated carbocycles. The van der Waals surface area contributed by atoms with Crippen LogP contribution in [0.1, 0.15) is 22.8 Å². The highest BCUT2D eigenvalue weighted by atomic mass is 79.9. The molecule has 0 fully saturated rings. The maximum absolute atomic E-state index is 12.1. The van der Waals surface area contributed by atoms with Crippen molar-refractivity contribution in [1.82, 2.24) is 5.43 Å². The van der Waals surface area contributed by atoms with Crippen LogP contribution in [0.2, 0.25) is 0 Å². The molecule has 26 heavy (non-hydrogen) atoms. The van der Waals surface area contributed by atoms with Gasteiger partial charge in [0, 0.05) is 29.8 Å². The number of methoxy groups -OCH3 is 2. The molecule has 2 amide bonds. The van der Waals surface area contributed by atoms with Gasteiger partial charge in [-0.2, -0.15) is 5.10 Å². The number of nitrogens with zero attached hydrogens (tertiary/aromatic N) is 1. The van der Waals surface area contributed by atoms with Crippen LogP contribution in [-0.4, -0.2) is 32.2 Å². The summed E-state index contributed by atoms with van der Waals surface area (Å²) >= 11 is 3.39. The predicted octanol–water partition coefficient (Wildman–Crippen LogP) is 3.19. The number of hydrogen-bond donors (Lipinski definition) is 2. The number of ether oxygens (including phenoxy) is 2. The minimum absolute atomic E-state index is 0.175. The van der Waals surface area contributed by atoms with Gasteiger partial charge in [0.25, 0.3) is 5.91 Å². The van der Waals surface area contributed by atoms with E-state index < -0.39 is 0 Å². The number of rotatable bonds is 6. The van der Waals surface area contributed by atoms with Crippen molar-refractivity contribution < 1.29 is 19.1 Å². The predicted molar refractivity (Wildman–Crippen MR) is 103 cm³/mol. The second-order valence-electron chi connectivity index (χ2n) is 5.19. The third-order valence-corrected chi connectivity index (χ3v) is 3.96. The molecule has 0 radical (unpaired) electrons. The lowest BCUT2D eigenvalue weighted by atomic mass is 10.2. The Kier molecular flexibility index (Phi) is 6.74. The number of hydrazone groups is 1. The number of amides is 2. The largest absolute Gasteiger partial charge is 0.496 e. The van der Waals surface area contributed by atoms with Crippen LogP contribution < -0.4 is 20.2 Å². The third kappa shape index (κ3) is 5.06. The lowest BCUT2D eigenvalue weighted by molar-refractivity contribution is -0.114. The van der Waals surface area contributed by atoms with Crippen LogP contribution in [0.25, 0.3) is 0 Å². The van der Waals surface area contributed by atoms with Crippen LogP contribution in [-0.2, 0) is 4.79 Å². The summed E-state index contributed by atoms with van der Waals surface area (Å²) in [5.41, 5.74) is 4.15. The molecule has 0 bridgehead atoms. The summed E-state index contributed by atoms with van der Waals surface area (Å²) in [7, 11) is 3.10. The van der Waals surface area contributed by atoms with Crippen LogP contribution in [0.15, 0.2) is 46.0 Å². The number of carbonyl (C=O) groups excluding carboxylic acids is 2. The molecule has 2 N–H and O–H groups in total. The smallest absolute Gasteiger partial charge is 0.271 e. The van der Waals surface area contributed by atoms with Crippen molar-refractivity contribution in [3.05, 3.63) is 52.0 Å². The molecule has 136 valence electrons. The molecule has 0 aliphatic rings. The van der Waals surface area contributed by atoms with E-state index in [-0.39, 0.29) is 11.8 Å². The fraction of sp³-hybridized carbons (Fsp3) is 0.167. The Hall–Kier alpha value is -2.87. The average molecular weight is 420 g/mol. The molecule has 0 unspecified atom stereocenters. The van der Waals surface area contributed by atoms with E-state index in [1.54, 1.807) is 43.5 Å². The SMILES string of the molecule is COc1cc(OC)c(/C=N\NC(=O)c2ccc(NC(C)=O)cc2)cc1Br. The highest BCUT2D eigenvalue weighted by Gasteiger charge is 2.09. The van der Waals surface area contributed by atoms with E-state index >= 15 is 0 Å². The normalized spacial score (nSPS) is 10.5. The van der Waals surface area contributed by atoms with Crippen LogP contribution in [0, 0.1) is 0 Å². The van der Waals surface area contributed by atoms with Crippen molar-refractivity contribution in [2.45, 2.75) is 6.92 Å². The molecular weight excluding hydrogens is 402 g/mol. The summed E-state index contributed by atoms with van der Waals surface area (Å²) in [5, 5.41) is 6.59. The molecule has 0 heterocycles. The summed E-state index contributed by atoms with van der Waals surface area (Å²) < 4.78 is 11.2. The lowest BCUT2D eigenvalue weighted by Gasteiger charge is -2.09. The van der Waals surface area contributed by atoms with Crippen molar-refractivity contribution in [3.8, 4) is 11.5 Å². The first-order valence-electron chi connectivity index (χ1n) is 7.57. The summed E-state index contributed by atoms with van der Waals surface area (Å²) in [6.45, 7) is 1.42. The lowest BCUT2D eigenvalue weighted by Crippen LogP contribution is -2.17. The zero-order chi connectivity index (χ0) is 19.1. The van der Waals surface area contributed by atoms with Gasteiger partial charge in [-0.1, -0.05) is 0 Å². The molecule has 0 saturated heterocycles. The number of benzene rings is 2. The highest BCUT2D eigenvalue weighted by Crippen LogP contribution is 2.31. The maximum Gasteiger partial charge on any atom is 0.271 e. The third-order valence-electron chi connectivity index (χ3n) is 3.34. The van der Waals surface area contributed by atoms with Gasteiger partial charge < -0.3 is 14.8 Å². The van der Waals surface area contributed by atoms with Crippen molar-refractivity contribution in [3.63, 3.8) is 0 Å². The van der Waals surface area contributed by atoms with E-state index in [9.17, 15) is 9.59 Å². The zero-order valence-corrected chi connectivity index (χ0v) is 16.1. The Bertz CT molecular complexity index is 835. The van der Waals surface area contributed by atoms with Gasteiger partial charge in [-0.25, -0.2) is 5.43 Å². The average Bonchev–Trinajstić information content (AvgIpc) is 2.62. The highest BCUT2D eigenvalue weighted by molar-refractivity contribution is 9.10. The molecule has 0 aliphatic heterocycles. The molecule has 0 atom stereocenters. The zero-order valence-electron chi connectivity index (χ0n) is 14.5. The van der Waals surface area contributed by atoms with Gasteiger partial charge in [0.15, 0.2) is 0 Å². The van der Waals surface area contributed by atoms with E-state index in [4.69, 9.17) is 9.47 Å². The van der Waals surface area contributed by atoms with E-state index in [2.05, 4.69) is 31.8 Å². The van der Waals surface area contributed by atoms with Crippen molar-refractivity contribution in [2.24, 2.45) is 5.10 Å². The molecule has 2 aromatic rings. The number of hydrogen-bond acceptors (Lipinski definition) is 5. The standard InChI is InChI=1S/C18H18BrN3O4/c1-11(23)21-14-6-4-12(5-7-14)18(24)22-20-10-13-8-15(19)17(26-3)9-16(13)25-2/h4-10H,1-3H3,(H,21,23)(H,22,24)/b20-10-. The Morgan fingerprint density at radius 2 is 1.73 bits per heavy atom. The van der Waals surface area contributed by atoms with Gasteiger partial charge in [0.2, 0.25) is 5.91 Å². The molecule has 0 aliphatic carbocycles. The summed E-state index contributed by atoms with van der Waals surface area (Å²) in [6, 6.07) is 9.97. The van der Waals surface area contributed by atoms with Gasteiger partial charge in [-0.05, 0) is 46.3 Å². The fourth-order valence-electron chi connectivity index (χ4n) is 2.12. The first-order chi connectivity index (χ1) is 12.4. The Morgan fingerprint density at radius 3 is 2.31 bits per heavy atom. The topological polar surface area (TPSA) is 89.0 Å². The van der Waals surface area contributed by atoms with E-state index in [1.165, 1.54) is 20.2 Å². The van der Waals surface area contributed by atoms with Gasteiger partial charge >= 0.3 is 0 Å². The quantitative estimate of drug-likeness (QED) is 0.555. The summed E-state index contributed by atoms with van der Waals surface area (Å²) in [4.78, 5) is 23.1. The van der Waals surface area contributed by atoms with Crippen LogP contribution in [0.4, 0.5) is 5.69 Å². The molecule has 8 heteroatoms. The van der Waals surface area contributed by atoms with Crippen molar-refractivity contribution in [2.75, 3.05) is 19.5 Å². The Labute approximate surface area is 159 Å². The minimum atomic E-state index is -0.373. The Balaban J connectivity index is 2.07. The maximum atomic E-state index is 12.1. The number of halogens is 1. The van der Waals surface area contributed by atoms with Crippen LogP contribution >= 0.6 is 15.9 Å². The number of anilines is 1. The molecular formula is C18H18BrN3O4. The molecule has 0 spiro atoms. The first-order valence-corrected chi connectivity index (χ1v) is 8.36. The van der Waals surface area contributed by atoms with Gasteiger partial charge in [0.05, 0.1) is 24.9 Å². The van der Waals surface area contributed by atoms with E-state index in [0.29, 0.717) is 28.3 Å². The second-order valence-corrected chi connectivity index (χ2v) is 6.04. The molecule has 2 aromatic carbocycles. The van der Waals surface area contributed by atoms with Gasteiger partial charge in [-0.15, -0.1) is 0 Å². The molecule has 2 rings (SSSR count). The van der Waals surface area contributed by atoms with Crippen LogP contribution in [0.3, 0.4) is 0 Å². The minimum Gasteiger partial charge on any atom is -0.496 e. The van der Waals surface area contributed by atoms with Gasteiger partial charge in [0.1, 0.15) is 11.5 Å². The van der Waals surface area contributed by atoms with E-state index in [0.717, 1.165) is 4.47 Å². The molecule has 7 nitrogen and oxygen atoms in total. The monoisotopic (exact) mass is 419 g/mol. The fourth-order valence-corrected chi connectivity index (χ4v) is 2.64. The summed E-state index contributed by atoms with van der Waals surface area (Å²) in [5.74, 6) is 0.638. The van der Waals surface area contributed by atoms with Crippen molar-refractivity contribution >= 4 is 39.6 Å². The van der Waals surface area contributed by atoms with Crippen LogP contribution in [0.5, 0.6) is 11.5 Å². The Morgan fingerprint density at radius 1 is 1.08 bits per heavy atom. The summed E-state index contributed by atoms with van der Waals surface area (Å²) in [6.07, 6.45) is 1.48. The number of nitrogens with one attached hydrogen (secondary N) is 2. The van der Waals surface area contributed by atoms with E-state index in [1.807, 2.05) is 0 Å². The number of carbonyl (C=O) groups is 2. The van der Waals surface area contributed by atoms with Gasteiger partial charge in [-0.3, -0.25) is 9.59 Å².